The Labute approximate surface area is 240 Å². The Balaban J connectivity index is 1.46. The number of halogens is 4. The van der Waals surface area contributed by atoms with Crippen molar-refractivity contribution in [3.05, 3.63) is 93.0 Å². The maximum Gasteiger partial charge on any atom is 0.573 e. The van der Waals surface area contributed by atoms with Gasteiger partial charge in [0, 0.05) is 28.7 Å². The molecule has 1 N–H and O–H groups in total. The zero-order valence-corrected chi connectivity index (χ0v) is 22.7. The third kappa shape index (κ3) is 4.61. The van der Waals surface area contributed by atoms with Crippen LogP contribution in [0.5, 0.6) is 11.5 Å². The first kappa shape index (κ1) is 27.2. The Bertz CT molecular complexity index is 1610. The molecule has 210 valence electrons. The largest absolute Gasteiger partial charge is 0.573 e. The number of ketones is 2. The number of alkyl halides is 3. The lowest BCUT2D eigenvalue weighted by molar-refractivity contribution is -0.274. The Morgan fingerprint density at radius 1 is 1.00 bits per heavy atom. The fourth-order valence-electron chi connectivity index (χ4n) is 6.51. The molecule has 0 spiro atoms. The van der Waals surface area contributed by atoms with E-state index in [0.29, 0.717) is 5.57 Å². The summed E-state index contributed by atoms with van der Waals surface area (Å²) in [5.74, 6) is -6.17. The van der Waals surface area contributed by atoms with Crippen molar-refractivity contribution < 1.29 is 42.2 Å². The number of phenols is 1. The highest BCUT2D eigenvalue weighted by atomic mass is 79.9. The van der Waals surface area contributed by atoms with Gasteiger partial charge in [0.15, 0.2) is 11.6 Å². The zero-order valence-electron chi connectivity index (χ0n) is 21.2. The van der Waals surface area contributed by atoms with Gasteiger partial charge in [-0.05, 0) is 58.5 Å². The van der Waals surface area contributed by atoms with Crippen LogP contribution >= 0.6 is 15.9 Å². The Morgan fingerprint density at radius 2 is 1.73 bits per heavy atom. The molecule has 2 aromatic carbocycles. The minimum atomic E-state index is -5.01. The number of benzene rings is 2. The highest BCUT2D eigenvalue weighted by Crippen LogP contribution is 2.56. The number of amides is 2. The summed E-state index contributed by atoms with van der Waals surface area (Å²) in [4.78, 5) is 55.0. The fraction of sp³-hybridized carbons (Fsp3) is 0.267. The number of fused-ring (bicyclic) bond motifs is 3. The number of nitrogens with zero attached hydrogens (tertiary/aromatic N) is 1. The summed E-state index contributed by atoms with van der Waals surface area (Å²) in [5.41, 5.74) is 1.32. The van der Waals surface area contributed by atoms with Crippen molar-refractivity contribution in [3.8, 4) is 11.5 Å². The predicted molar refractivity (Wildman–Crippen MR) is 141 cm³/mol. The Hall–Kier alpha value is -3.99. The molecule has 1 fully saturated rings. The number of aromatic hydroxyl groups is 1. The van der Waals surface area contributed by atoms with Crippen LogP contribution in [0.1, 0.15) is 29.9 Å². The number of hydrogen-bond donors (Lipinski definition) is 1. The van der Waals surface area contributed by atoms with Gasteiger partial charge in [0.25, 0.3) is 0 Å². The summed E-state index contributed by atoms with van der Waals surface area (Å²) in [6.45, 7) is 0.0776. The predicted octanol–water partition coefficient (Wildman–Crippen LogP) is 5.25. The number of phenolic OH excluding ortho intramolecular Hbond substituents is 1. The number of rotatable bonds is 4. The molecule has 1 aliphatic heterocycles. The molecular weight excluding hydrogens is 607 g/mol. The highest BCUT2D eigenvalue weighted by molar-refractivity contribution is 9.12. The monoisotopic (exact) mass is 627 g/mol. The van der Waals surface area contributed by atoms with Gasteiger partial charge in [-0.3, -0.25) is 24.1 Å². The number of ether oxygens (including phenoxy) is 1. The van der Waals surface area contributed by atoms with Crippen molar-refractivity contribution in [1.82, 2.24) is 4.90 Å². The first-order valence-corrected chi connectivity index (χ1v) is 13.6. The standard InChI is InChI=1S/C30H21BrF3NO6/c31-21-12-23(37)26-20(27(21)38)11-18-16(24(26)19-10-15(6-9-22(19)36)41-30(32,33)34)7-8-17-25(18)29(40)35(28(17)39)13-14-4-2-1-3-5-14/h1-7,9-10,12,17-18,24-25,36H,8,11,13H2/t17-,18+,24+,25-/m0/s1. The average molecular weight is 628 g/mol. The quantitative estimate of drug-likeness (QED) is 0.282. The SMILES string of the molecule is O=C1C=C(Br)C(=O)C2=C1[C@@H](c1cc(OC(F)(F)F)ccc1O)C1=CC[C@@H]3C(=O)N(Cc4ccccc4)C(=O)[C@@H]3[C@@H]1C2. The van der Waals surface area contributed by atoms with Crippen molar-refractivity contribution >= 4 is 39.3 Å². The van der Waals surface area contributed by atoms with E-state index in [0.717, 1.165) is 29.8 Å². The molecule has 6 rings (SSSR count). The van der Waals surface area contributed by atoms with E-state index in [4.69, 9.17) is 0 Å². The van der Waals surface area contributed by atoms with Crippen molar-refractivity contribution in [2.24, 2.45) is 17.8 Å². The third-order valence-corrected chi connectivity index (χ3v) is 8.74. The van der Waals surface area contributed by atoms with Crippen LogP contribution in [-0.4, -0.2) is 39.7 Å². The van der Waals surface area contributed by atoms with Crippen LogP contribution < -0.4 is 4.74 Å². The normalized spacial score (nSPS) is 25.9. The lowest BCUT2D eigenvalue weighted by Crippen LogP contribution is -2.39. The highest BCUT2D eigenvalue weighted by Gasteiger charge is 2.56. The molecule has 0 bridgehead atoms. The van der Waals surface area contributed by atoms with Crippen molar-refractivity contribution in [3.63, 3.8) is 0 Å². The molecule has 4 aliphatic rings. The molecule has 0 radical (unpaired) electrons. The third-order valence-electron chi connectivity index (χ3n) is 8.15. The summed E-state index contributed by atoms with van der Waals surface area (Å²) in [6, 6.07) is 12.0. The number of Topliss-reactive ketones (excluding diaryl/α,β-unsaturated/α-hetero) is 1. The minimum absolute atomic E-state index is 0.00987. The van der Waals surface area contributed by atoms with Crippen LogP contribution in [0.25, 0.3) is 0 Å². The Morgan fingerprint density at radius 3 is 2.44 bits per heavy atom. The van der Waals surface area contributed by atoms with E-state index in [2.05, 4.69) is 20.7 Å². The van der Waals surface area contributed by atoms with Crippen LogP contribution in [0, 0.1) is 17.8 Å². The van der Waals surface area contributed by atoms with Gasteiger partial charge in [0.1, 0.15) is 11.5 Å². The van der Waals surface area contributed by atoms with Gasteiger partial charge >= 0.3 is 6.36 Å². The first-order valence-electron chi connectivity index (χ1n) is 12.8. The summed E-state index contributed by atoms with van der Waals surface area (Å²) in [5, 5.41) is 10.8. The van der Waals surface area contributed by atoms with Gasteiger partial charge < -0.3 is 9.84 Å². The molecule has 3 aliphatic carbocycles. The maximum absolute atomic E-state index is 13.8. The van der Waals surface area contributed by atoms with Crippen molar-refractivity contribution in [2.45, 2.75) is 31.7 Å². The molecule has 7 nitrogen and oxygen atoms in total. The molecule has 2 aromatic rings. The molecule has 0 saturated carbocycles. The molecule has 1 heterocycles. The van der Waals surface area contributed by atoms with Gasteiger partial charge in [0.2, 0.25) is 11.8 Å². The topological polar surface area (TPSA) is 101 Å². The van der Waals surface area contributed by atoms with E-state index in [-0.39, 0.29) is 46.5 Å². The second-order valence-corrected chi connectivity index (χ2v) is 11.3. The van der Waals surface area contributed by atoms with Crippen molar-refractivity contribution in [2.75, 3.05) is 0 Å². The van der Waals surface area contributed by atoms with E-state index in [1.165, 1.54) is 4.90 Å². The fourth-order valence-corrected chi connectivity index (χ4v) is 6.96. The van der Waals surface area contributed by atoms with Crippen LogP contribution in [0.15, 0.2) is 81.9 Å². The zero-order chi connectivity index (χ0) is 29.2. The number of hydrogen-bond acceptors (Lipinski definition) is 6. The molecule has 0 aromatic heterocycles. The Kier molecular flexibility index (Phi) is 6.52. The molecular formula is C30H21BrF3NO6. The number of carbonyl (C=O) groups is 4. The number of imide groups is 1. The summed E-state index contributed by atoms with van der Waals surface area (Å²) < 4.78 is 43.2. The molecule has 11 heteroatoms. The van der Waals surface area contributed by atoms with E-state index >= 15 is 0 Å². The van der Waals surface area contributed by atoms with Crippen molar-refractivity contribution in [1.29, 1.82) is 0 Å². The van der Waals surface area contributed by atoms with Gasteiger partial charge in [-0.15, -0.1) is 13.2 Å². The second-order valence-electron chi connectivity index (χ2n) is 10.4. The number of carbonyl (C=O) groups excluding carboxylic acids is 4. The van der Waals surface area contributed by atoms with E-state index in [1.807, 2.05) is 6.07 Å². The molecule has 41 heavy (non-hydrogen) atoms. The van der Waals surface area contributed by atoms with Gasteiger partial charge in [-0.25, -0.2) is 0 Å². The van der Waals surface area contributed by atoms with Crippen LogP contribution in [0.4, 0.5) is 13.2 Å². The van der Waals surface area contributed by atoms with Crippen LogP contribution in [0.3, 0.4) is 0 Å². The number of allylic oxidation sites excluding steroid dienone is 6. The second kappa shape index (κ2) is 9.83. The minimum Gasteiger partial charge on any atom is -0.508 e. The van der Waals surface area contributed by atoms with Gasteiger partial charge in [0.05, 0.1) is 22.9 Å². The first-order chi connectivity index (χ1) is 19.4. The molecule has 1 saturated heterocycles. The molecule has 2 amide bonds. The van der Waals surface area contributed by atoms with E-state index < -0.39 is 59.0 Å². The van der Waals surface area contributed by atoms with Gasteiger partial charge in [-0.1, -0.05) is 42.0 Å². The van der Waals surface area contributed by atoms with Crippen LogP contribution in [-0.2, 0) is 25.7 Å². The van der Waals surface area contributed by atoms with E-state index in [9.17, 15) is 37.5 Å². The summed E-state index contributed by atoms with van der Waals surface area (Å²) in [6.07, 6.45) is -2.04. The lowest BCUT2D eigenvalue weighted by atomic mass is 9.59. The summed E-state index contributed by atoms with van der Waals surface area (Å²) >= 11 is 3.12. The number of likely N-dealkylation sites (tertiary alicyclic amines) is 1. The van der Waals surface area contributed by atoms with Crippen LogP contribution in [0.2, 0.25) is 0 Å². The van der Waals surface area contributed by atoms with Gasteiger partial charge in [-0.2, -0.15) is 0 Å². The lowest BCUT2D eigenvalue weighted by Gasteiger charge is -2.42. The molecule has 0 unspecified atom stereocenters. The van der Waals surface area contributed by atoms with E-state index in [1.54, 1.807) is 30.3 Å². The average Bonchev–Trinajstić information content (AvgIpc) is 3.16. The summed E-state index contributed by atoms with van der Waals surface area (Å²) in [7, 11) is 0. The maximum atomic E-state index is 13.8. The molecule has 4 atom stereocenters. The smallest absolute Gasteiger partial charge is 0.508 e.